The van der Waals surface area contributed by atoms with Gasteiger partial charge in [-0.05, 0) is 36.5 Å². The molecular weight excluding hydrogens is 220 g/mol. The molecule has 1 aliphatic rings. The molecule has 0 unspecified atom stereocenters. The Morgan fingerprint density at radius 2 is 2.00 bits per heavy atom. The number of hydrogen-bond acceptors (Lipinski definition) is 2. The lowest BCUT2D eigenvalue weighted by atomic mass is 10.3. The molecule has 0 bridgehead atoms. The average Bonchev–Trinajstić information content (AvgIpc) is 2.47. The molecule has 1 N–H and O–H groups in total. The Labute approximate surface area is 91.7 Å². The fourth-order valence-corrected chi connectivity index (χ4v) is 1.68. The Morgan fingerprint density at radius 1 is 1.36 bits per heavy atom. The van der Waals surface area contributed by atoms with Crippen LogP contribution >= 0.6 is 23.8 Å². The maximum absolute atomic E-state index is 11.0. The van der Waals surface area contributed by atoms with Crippen LogP contribution in [-0.2, 0) is 4.79 Å². The molecule has 5 heteroatoms. The van der Waals surface area contributed by atoms with E-state index < -0.39 is 0 Å². The average molecular weight is 227 g/mol. The molecule has 1 aromatic carbocycles. The van der Waals surface area contributed by atoms with Gasteiger partial charge in [0.2, 0.25) is 5.91 Å². The zero-order valence-corrected chi connectivity index (χ0v) is 8.73. The van der Waals surface area contributed by atoms with E-state index in [2.05, 4.69) is 5.32 Å². The van der Waals surface area contributed by atoms with Gasteiger partial charge < -0.3 is 10.2 Å². The molecule has 3 nitrogen and oxygen atoms in total. The maximum atomic E-state index is 11.0. The molecule has 14 heavy (non-hydrogen) atoms. The van der Waals surface area contributed by atoms with Gasteiger partial charge in [-0.2, -0.15) is 0 Å². The molecule has 0 aromatic heterocycles. The van der Waals surface area contributed by atoms with E-state index in [0.29, 0.717) is 10.1 Å². The highest BCUT2D eigenvalue weighted by molar-refractivity contribution is 7.80. The first-order valence-electron chi connectivity index (χ1n) is 4.04. The molecule has 72 valence electrons. The van der Waals surface area contributed by atoms with Gasteiger partial charge in [0.1, 0.15) is 6.54 Å². The highest BCUT2D eigenvalue weighted by atomic mass is 35.5. The SMILES string of the molecule is O=C1CN(c2ccc(Cl)cc2)C(=S)N1. The number of nitrogens with zero attached hydrogens (tertiary/aromatic N) is 1. The van der Waals surface area contributed by atoms with Crippen molar-refractivity contribution in [1.82, 2.24) is 5.32 Å². The Hall–Kier alpha value is -1.13. The number of hydrogen-bond donors (Lipinski definition) is 1. The van der Waals surface area contributed by atoms with E-state index in [1.54, 1.807) is 17.0 Å². The van der Waals surface area contributed by atoms with Crippen molar-refractivity contribution in [2.45, 2.75) is 0 Å². The zero-order chi connectivity index (χ0) is 10.1. The van der Waals surface area contributed by atoms with Crippen LogP contribution < -0.4 is 10.2 Å². The summed E-state index contributed by atoms with van der Waals surface area (Å²) in [6, 6.07) is 7.19. The predicted molar refractivity (Wildman–Crippen MR) is 59.5 cm³/mol. The van der Waals surface area contributed by atoms with Crippen molar-refractivity contribution in [3.8, 4) is 0 Å². The molecular formula is C9H7ClN2OS. The number of carbonyl (C=O) groups excluding carboxylic acids is 1. The van der Waals surface area contributed by atoms with Crippen molar-refractivity contribution >= 4 is 40.5 Å². The topological polar surface area (TPSA) is 32.3 Å². The van der Waals surface area contributed by atoms with Crippen LogP contribution in [0.4, 0.5) is 5.69 Å². The summed E-state index contributed by atoms with van der Waals surface area (Å²) < 4.78 is 0. The number of benzene rings is 1. The zero-order valence-electron chi connectivity index (χ0n) is 7.16. The summed E-state index contributed by atoms with van der Waals surface area (Å²) in [5.41, 5.74) is 0.873. The third kappa shape index (κ3) is 1.71. The van der Waals surface area contributed by atoms with Gasteiger partial charge in [-0.3, -0.25) is 4.79 Å². The van der Waals surface area contributed by atoms with E-state index in [4.69, 9.17) is 23.8 Å². The number of nitrogens with one attached hydrogen (secondary N) is 1. The molecule has 1 aromatic rings. The number of halogens is 1. The second-order valence-electron chi connectivity index (χ2n) is 2.92. The monoisotopic (exact) mass is 226 g/mol. The summed E-state index contributed by atoms with van der Waals surface area (Å²) in [7, 11) is 0. The van der Waals surface area contributed by atoms with Crippen molar-refractivity contribution in [1.29, 1.82) is 0 Å². The van der Waals surface area contributed by atoms with Crippen LogP contribution in [0.1, 0.15) is 0 Å². The number of anilines is 1. The maximum Gasteiger partial charge on any atom is 0.246 e. The van der Waals surface area contributed by atoms with Crippen LogP contribution in [0.15, 0.2) is 24.3 Å². The molecule has 0 aliphatic carbocycles. The summed E-state index contributed by atoms with van der Waals surface area (Å²) >= 11 is 10.7. The standard InChI is InChI=1S/C9H7ClN2OS/c10-6-1-3-7(4-2-6)12-5-8(13)11-9(12)14/h1-4H,5H2,(H,11,13,14). The minimum Gasteiger partial charge on any atom is -0.309 e. The summed E-state index contributed by atoms with van der Waals surface area (Å²) in [4.78, 5) is 12.8. The van der Waals surface area contributed by atoms with Gasteiger partial charge in [-0.25, -0.2) is 0 Å². The number of amides is 1. The highest BCUT2D eigenvalue weighted by Gasteiger charge is 2.24. The molecule has 1 fully saturated rings. The van der Waals surface area contributed by atoms with Gasteiger partial charge in [-0.15, -0.1) is 0 Å². The van der Waals surface area contributed by atoms with Crippen LogP contribution in [0.3, 0.4) is 0 Å². The van der Waals surface area contributed by atoms with E-state index in [0.717, 1.165) is 5.69 Å². The lowest BCUT2D eigenvalue weighted by Crippen LogP contribution is -2.27. The highest BCUT2D eigenvalue weighted by Crippen LogP contribution is 2.19. The summed E-state index contributed by atoms with van der Waals surface area (Å²) in [5, 5.41) is 3.67. The molecule has 1 aliphatic heterocycles. The van der Waals surface area contributed by atoms with Gasteiger partial charge in [0, 0.05) is 10.7 Å². The van der Waals surface area contributed by atoms with Gasteiger partial charge in [-0.1, -0.05) is 11.6 Å². The predicted octanol–water partition coefficient (Wildman–Crippen LogP) is 1.56. The summed E-state index contributed by atoms with van der Waals surface area (Å²) in [5.74, 6) is -0.0787. The van der Waals surface area contributed by atoms with Crippen molar-refractivity contribution in [3.63, 3.8) is 0 Å². The largest absolute Gasteiger partial charge is 0.309 e. The van der Waals surface area contributed by atoms with E-state index in [-0.39, 0.29) is 12.5 Å². The molecule has 1 amide bonds. The third-order valence-electron chi connectivity index (χ3n) is 1.93. The van der Waals surface area contributed by atoms with Crippen LogP contribution in [0, 0.1) is 0 Å². The van der Waals surface area contributed by atoms with Gasteiger partial charge in [0.25, 0.3) is 0 Å². The number of carbonyl (C=O) groups is 1. The lowest BCUT2D eigenvalue weighted by Gasteiger charge is -2.14. The second kappa shape index (κ2) is 3.55. The van der Waals surface area contributed by atoms with Crippen molar-refractivity contribution in [2.75, 3.05) is 11.4 Å². The molecule has 0 saturated carbocycles. The third-order valence-corrected chi connectivity index (χ3v) is 2.51. The van der Waals surface area contributed by atoms with E-state index in [1.807, 2.05) is 12.1 Å². The Morgan fingerprint density at radius 3 is 2.50 bits per heavy atom. The van der Waals surface area contributed by atoms with E-state index >= 15 is 0 Å². The molecule has 2 rings (SSSR count). The Bertz CT molecular complexity index is 390. The molecule has 0 atom stereocenters. The van der Waals surface area contributed by atoms with E-state index in [1.165, 1.54) is 0 Å². The summed E-state index contributed by atoms with van der Waals surface area (Å²) in [6.07, 6.45) is 0. The Kier molecular flexibility index (Phi) is 2.39. The quantitative estimate of drug-likeness (QED) is 0.738. The van der Waals surface area contributed by atoms with Crippen molar-refractivity contribution in [3.05, 3.63) is 29.3 Å². The smallest absolute Gasteiger partial charge is 0.246 e. The molecule has 1 saturated heterocycles. The van der Waals surface area contributed by atoms with Gasteiger partial charge in [0.15, 0.2) is 5.11 Å². The minimum atomic E-state index is -0.0787. The fraction of sp³-hybridized carbons (Fsp3) is 0.111. The molecule has 0 spiro atoms. The first-order chi connectivity index (χ1) is 6.66. The van der Waals surface area contributed by atoms with Crippen LogP contribution in [0.2, 0.25) is 5.02 Å². The first kappa shape index (κ1) is 9.43. The van der Waals surface area contributed by atoms with Crippen molar-refractivity contribution < 1.29 is 4.79 Å². The molecule has 1 heterocycles. The van der Waals surface area contributed by atoms with E-state index in [9.17, 15) is 4.79 Å². The first-order valence-corrected chi connectivity index (χ1v) is 4.82. The van der Waals surface area contributed by atoms with Gasteiger partial charge >= 0.3 is 0 Å². The second-order valence-corrected chi connectivity index (χ2v) is 3.74. The minimum absolute atomic E-state index is 0.0787. The van der Waals surface area contributed by atoms with Crippen LogP contribution in [0.25, 0.3) is 0 Å². The normalized spacial score (nSPS) is 15.9. The van der Waals surface area contributed by atoms with Crippen molar-refractivity contribution in [2.24, 2.45) is 0 Å². The molecule has 0 radical (unpaired) electrons. The fourth-order valence-electron chi connectivity index (χ4n) is 1.27. The number of thiocarbonyl (C=S) groups is 1. The Balaban J connectivity index is 2.27. The lowest BCUT2D eigenvalue weighted by molar-refractivity contribution is -0.117. The summed E-state index contributed by atoms with van der Waals surface area (Å²) in [6.45, 7) is 0.278. The van der Waals surface area contributed by atoms with Crippen LogP contribution in [0.5, 0.6) is 0 Å². The van der Waals surface area contributed by atoms with Crippen LogP contribution in [-0.4, -0.2) is 17.6 Å². The number of rotatable bonds is 1. The van der Waals surface area contributed by atoms with Gasteiger partial charge in [0.05, 0.1) is 0 Å².